The van der Waals surface area contributed by atoms with E-state index in [2.05, 4.69) is 4.98 Å². The minimum Gasteiger partial charge on any atom is -0.467 e. The fourth-order valence-electron chi connectivity index (χ4n) is 2.13. The molecule has 2 N–H and O–H groups in total. The average Bonchev–Trinajstić information content (AvgIpc) is 3.12. The highest BCUT2D eigenvalue weighted by molar-refractivity contribution is 5.55. The van der Waals surface area contributed by atoms with Gasteiger partial charge in [-0.1, -0.05) is 0 Å². The Morgan fingerprint density at radius 2 is 2.30 bits per heavy atom. The van der Waals surface area contributed by atoms with E-state index in [-0.39, 0.29) is 11.5 Å². The lowest BCUT2D eigenvalue weighted by molar-refractivity contribution is -0.384. The number of hydrogen-bond donors (Lipinski definition) is 1. The number of hydrogen-bond acceptors (Lipinski definition) is 6. The number of nitrogens with zero attached hydrogens (tertiary/aromatic N) is 3. The maximum atomic E-state index is 10.9. The molecule has 2 heterocycles. The molecule has 1 fully saturated rings. The number of rotatable bonds is 5. The Morgan fingerprint density at radius 1 is 1.50 bits per heavy atom. The summed E-state index contributed by atoms with van der Waals surface area (Å²) < 4.78 is 5.34. The second-order valence-corrected chi connectivity index (χ2v) is 4.80. The molecule has 0 aliphatic heterocycles. The van der Waals surface area contributed by atoms with Gasteiger partial charge >= 0.3 is 0 Å². The van der Waals surface area contributed by atoms with Crippen LogP contribution in [0.3, 0.4) is 0 Å². The third-order valence-corrected chi connectivity index (χ3v) is 3.22. The van der Waals surface area contributed by atoms with Crippen LogP contribution in [0.2, 0.25) is 0 Å². The van der Waals surface area contributed by atoms with Crippen LogP contribution in [0.5, 0.6) is 0 Å². The molecule has 20 heavy (non-hydrogen) atoms. The van der Waals surface area contributed by atoms with Gasteiger partial charge in [0, 0.05) is 6.04 Å². The van der Waals surface area contributed by atoms with Gasteiger partial charge in [0.2, 0.25) is 0 Å². The number of nitrogens with two attached hydrogens (primary N) is 1. The lowest BCUT2D eigenvalue weighted by atomic mass is 10.3. The zero-order valence-corrected chi connectivity index (χ0v) is 10.7. The monoisotopic (exact) mass is 274 g/mol. The summed E-state index contributed by atoms with van der Waals surface area (Å²) in [6, 6.07) is 6.75. The molecule has 0 spiro atoms. The van der Waals surface area contributed by atoms with Gasteiger partial charge in [0.05, 0.1) is 29.9 Å². The third kappa shape index (κ3) is 2.56. The molecule has 3 rings (SSSR count). The molecule has 1 saturated carbocycles. The van der Waals surface area contributed by atoms with Crippen LogP contribution in [-0.2, 0) is 6.54 Å². The van der Waals surface area contributed by atoms with Gasteiger partial charge in [0.1, 0.15) is 17.4 Å². The first-order valence-electron chi connectivity index (χ1n) is 6.34. The Bertz CT molecular complexity index is 623. The molecule has 0 aromatic carbocycles. The summed E-state index contributed by atoms with van der Waals surface area (Å²) in [6.07, 6.45) is 3.70. The van der Waals surface area contributed by atoms with Crippen molar-refractivity contribution >= 4 is 17.3 Å². The summed E-state index contributed by atoms with van der Waals surface area (Å²) in [7, 11) is 0. The Balaban J connectivity index is 1.93. The van der Waals surface area contributed by atoms with Crippen LogP contribution in [0, 0.1) is 10.1 Å². The van der Waals surface area contributed by atoms with Crippen molar-refractivity contribution in [3.8, 4) is 0 Å². The van der Waals surface area contributed by atoms with Gasteiger partial charge in [-0.3, -0.25) is 10.1 Å². The van der Waals surface area contributed by atoms with Crippen molar-refractivity contribution in [3.05, 3.63) is 46.4 Å². The van der Waals surface area contributed by atoms with Crippen LogP contribution in [0.4, 0.5) is 17.3 Å². The van der Waals surface area contributed by atoms with E-state index in [0.717, 1.165) is 18.6 Å². The van der Waals surface area contributed by atoms with Crippen LogP contribution in [0.25, 0.3) is 0 Å². The largest absolute Gasteiger partial charge is 0.467 e. The molecule has 104 valence electrons. The van der Waals surface area contributed by atoms with Crippen molar-refractivity contribution in [2.45, 2.75) is 25.4 Å². The van der Waals surface area contributed by atoms with Gasteiger partial charge in [0.25, 0.3) is 5.69 Å². The maximum Gasteiger partial charge on any atom is 0.276 e. The standard InChI is InChI=1S/C13H14N4O3/c14-12-6-10(17(18)19)7-13(15-12)16(9-3-4-9)8-11-2-1-5-20-11/h1-2,5-7,9H,3-4,8H2,(H2,14,15). The summed E-state index contributed by atoms with van der Waals surface area (Å²) in [5, 5.41) is 10.9. The van der Waals surface area contributed by atoms with E-state index < -0.39 is 4.92 Å². The first kappa shape index (κ1) is 12.5. The predicted molar refractivity (Wildman–Crippen MR) is 73.2 cm³/mol. The van der Waals surface area contributed by atoms with Crippen molar-refractivity contribution in [1.29, 1.82) is 0 Å². The van der Waals surface area contributed by atoms with E-state index in [1.54, 1.807) is 6.26 Å². The summed E-state index contributed by atoms with van der Waals surface area (Å²) in [6.45, 7) is 0.533. The van der Waals surface area contributed by atoms with Crippen molar-refractivity contribution < 1.29 is 9.34 Å². The smallest absolute Gasteiger partial charge is 0.276 e. The Labute approximate surface area is 115 Å². The first-order chi connectivity index (χ1) is 9.63. The van der Waals surface area contributed by atoms with Crippen molar-refractivity contribution in [1.82, 2.24) is 4.98 Å². The number of anilines is 2. The van der Waals surface area contributed by atoms with Gasteiger partial charge in [-0.15, -0.1) is 0 Å². The molecule has 2 aromatic rings. The van der Waals surface area contributed by atoms with Gasteiger partial charge < -0.3 is 15.1 Å². The predicted octanol–water partition coefficient (Wildman–Crippen LogP) is 2.33. The fraction of sp³-hybridized carbons (Fsp3) is 0.308. The van der Waals surface area contributed by atoms with Crippen molar-refractivity contribution in [3.63, 3.8) is 0 Å². The maximum absolute atomic E-state index is 10.9. The topological polar surface area (TPSA) is 98.4 Å². The van der Waals surface area contributed by atoms with Crippen LogP contribution in [-0.4, -0.2) is 15.9 Å². The molecule has 7 nitrogen and oxygen atoms in total. The number of furan rings is 1. The highest BCUT2D eigenvalue weighted by atomic mass is 16.6. The normalized spacial score (nSPS) is 14.2. The van der Waals surface area contributed by atoms with E-state index >= 15 is 0 Å². The molecule has 1 aliphatic carbocycles. The summed E-state index contributed by atoms with van der Waals surface area (Å²) in [5.74, 6) is 1.47. The fourth-order valence-corrected chi connectivity index (χ4v) is 2.13. The van der Waals surface area contributed by atoms with Crippen LogP contribution in [0.1, 0.15) is 18.6 Å². The molecule has 0 bridgehead atoms. The molecule has 0 amide bonds. The van der Waals surface area contributed by atoms with E-state index in [4.69, 9.17) is 10.2 Å². The molecule has 0 atom stereocenters. The van der Waals surface area contributed by atoms with E-state index in [9.17, 15) is 10.1 Å². The second-order valence-electron chi connectivity index (χ2n) is 4.80. The lowest BCUT2D eigenvalue weighted by Crippen LogP contribution is -2.26. The highest BCUT2D eigenvalue weighted by Crippen LogP contribution is 2.34. The summed E-state index contributed by atoms with van der Waals surface area (Å²) >= 11 is 0. The zero-order valence-electron chi connectivity index (χ0n) is 10.7. The Hall–Kier alpha value is -2.57. The average molecular weight is 274 g/mol. The zero-order chi connectivity index (χ0) is 14.1. The SMILES string of the molecule is Nc1cc([N+](=O)[O-])cc(N(Cc2ccco2)C2CC2)n1. The number of aromatic nitrogens is 1. The minimum absolute atomic E-state index is 0.0439. The number of nitrogen functional groups attached to an aromatic ring is 1. The van der Waals surface area contributed by atoms with Gasteiger partial charge in [-0.2, -0.15) is 0 Å². The van der Waals surface area contributed by atoms with Gasteiger partial charge in [-0.25, -0.2) is 4.98 Å². The quantitative estimate of drug-likeness (QED) is 0.663. The van der Waals surface area contributed by atoms with E-state index in [1.807, 2.05) is 17.0 Å². The van der Waals surface area contributed by atoms with Crippen molar-refractivity contribution in [2.75, 3.05) is 10.6 Å². The molecular formula is C13H14N4O3. The molecule has 0 saturated heterocycles. The number of pyridine rings is 1. The summed E-state index contributed by atoms with van der Waals surface area (Å²) in [4.78, 5) is 16.7. The highest BCUT2D eigenvalue weighted by Gasteiger charge is 2.31. The number of nitro groups is 1. The van der Waals surface area contributed by atoms with E-state index in [1.165, 1.54) is 12.1 Å². The Kier molecular flexibility index (Phi) is 3.02. The van der Waals surface area contributed by atoms with E-state index in [0.29, 0.717) is 18.4 Å². The molecular weight excluding hydrogens is 260 g/mol. The van der Waals surface area contributed by atoms with Crippen LogP contribution in [0.15, 0.2) is 34.9 Å². The first-order valence-corrected chi connectivity index (χ1v) is 6.34. The van der Waals surface area contributed by atoms with Crippen molar-refractivity contribution in [2.24, 2.45) is 0 Å². The van der Waals surface area contributed by atoms with Crippen LogP contribution >= 0.6 is 0 Å². The molecule has 1 aliphatic rings. The third-order valence-electron chi connectivity index (χ3n) is 3.22. The minimum atomic E-state index is -0.459. The molecule has 0 unspecified atom stereocenters. The second kappa shape index (κ2) is 4.84. The summed E-state index contributed by atoms with van der Waals surface area (Å²) in [5.41, 5.74) is 5.62. The van der Waals surface area contributed by atoms with Crippen LogP contribution < -0.4 is 10.6 Å². The van der Waals surface area contributed by atoms with Gasteiger partial charge in [0.15, 0.2) is 0 Å². The van der Waals surface area contributed by atoms with Gasteiger partial charge in [-0.05, 0) is 25.0 Å². The molecule has 0 radical (unpaired) electrons. The Morgan fingerprint density at radius 3 is 2.90 bits per heavy atom. The molecule has 2 aromatic heterocycles. The lowest BCUT2D eigenvalue weighted by Gasteiger charge is -2.22. The molecule has 7 heteroatoms.